The van der Waals surface area contributed by atoms with Crippen LogP contribution < -0.4 is 15.5 Å². The molecule has 23 heavy (non-hydrogen) atoms. The van der Waals surface area contributed by atoms with Crippen molar-refractivity contribution in [3.05, 3.63) is 29.8 Å². The molecule has 1 heterocycles. The van der Waals surface area contributed by atoms with Crippen LogP contribution >= 0.6 is 0 Å². The Balaban J connectivity index is 1.40. The van der Waals surface area contributed by atoms with Crippen LogP contribution in [0.3, 0.4) is 0 Å². The van der Waals surface area contributed by atoms with Crippen LogP contribution in [-0.2, 0) is 11.2 Å². The van der Waals surface area contributed by atoms with Gasteiger partial charge in [-0.25, -0.2) is 4.79 Å². The highest BCUT2D eigenvalue weighted by Gasteiger charge is 2.23. The van der Waals surface area contributed by atoms with Gasteiger partial charge in [-0.15, -0.1) is 0 Å². The average Bonchev–Trinajstić information content (AvgIpc) is 3.00. The van der Waals surface area contributed by atoms with Crippen molar-refractivity contribution in [1.82, 2.24) is 10.6 Å². The van der Waals surface area contributed by atoms with Crippen molar-refractivity contribution in [3.8, 4) is 0 Å². The van der Waals surface area contributed by atoms with Crippen LogP contribution in [0, 0.1) is 0 Å². The van der Waals surface area contributed by atoms with Crippen LogP contribution in [0.2, 0.25) is 0 Å². The minimum Gasteiger partial charge on any atom is -0.338 e. The summed E-state index contributed by atoms with van der Waals surface area (Å²) in [6.45, 7) is 1.13. The molecule has 1 aromatic carbocycles. The van der Waals surface area contributed by atoms with Crippen molar-refractivity contribution in [2.45, 2.75) is 51.0 Å². The van der Waals surface area contributed by atoms with Gasteiger partial charge >= 0.3 is 6.03 Å². The maximum atomic E-state index is 12.3. The molecule has 1 saturated carbocycles. The summed E-state index contributed by atoms with van der Waals surface area (Å²) < 4.78 is 0. The molecule has 1 aliphatic heterocycles. The number of nitrogens with one attached hydrogen (secondary N) is 2. The molecule has 3 rings (SSSR count). The largest absolute Gasteiger partial charge is 0.338 e. The molecule has 1 fully saturated rings. The van der Waals surface area contributed by atoms with Crippen molar-refractivity contribution < 1.29 is 9.59 Å². The maximum Gasteiger partial charge on any atom is 0.315 e. The molecule has 0 radical (unpaired) electrons. The summed E-state index contributed by atoms with van der Waals surface area (Å²) in [5.41, 5.74) is 2.24. The molecule has 0 saturated heterocycles. The minimum absolute atomic E-state index is 0.0768. The molecule has 0 unspecified atom stereocenters. The number of fused-ring (bicyclic) bond motifs is 1. The van der Waals surface area contributed by atoms with Gasteiger partial charge in [0.15, 0.2) is 0 Å². The summed E-state index contributed by atoms with van der Waals surface area (Å²) in [5.74, 6) is 0.0768. The number of hydrogen-bond donors (Lipinski definition) is 2. The lowest BCUT2D eigenvalue weighted by Gasteiger charge is -2.23. The van der Waals surface area contributed by atoms with Crippen LogP contribution in [-0.4, -0.2) is 31.1 Å². The Morgan fingerprint density at radius 2 is 1.91 bits per heavy atom. The Kier molecular flexibility index (Phi) is 5.16. The highest BCUT2D eigenvalue weighted by Crippen LogP contribution is 2.27. The molecular formula is C18H25N3O2. The van der Waals surface area contributed by atoms with E-state index in [-0.39, 0.29) is 11.9 Å². The molecule has 5 heteroatoms. The highest BCUT2D eigenvalue weighted by atomic mass is 16.2. The third kappa shape index (κ3) is 4.03. The quantitative estimate of drug-likeness (QED) is 0.897. The highest BCUT2D eigenvalue weighted by molar-refractivity contribution is 5.95. The van der Waals surface area contributed by atoms with Crippen LogP contribution in [0.5, 0.6) is 0 Å². The summed E-state index contributed by atoms with van der Waals surface area (Å²) in [5, 5.41) is 5.81. The fourth-order valence-electron chi connectivity index (χ4n) is 3.50. The van der Waals surface area contributed by atoms with Gasteiger partial charge in [0.25, 0.3) is 0 Å². The number of urea groups is 1. The Bertz CT molecular complexity index is 567. The van der Waals surface area contributed by atoms with E-state index in [9.17, 15) is 9.59 Å². The van der Waals surface area contributed by atoms with Gasteiger partial charge in [0.2, 0.25) is 5.91 Å². The molecule has 0 atom stereocenters. The van der Waals surface area contributed by atoms with E-state index in [0.29, 0.717) is 19.0 Å². The van der Waals surface area contributed by atoms with E-state index >= 15 is 0 Å². The molecule has 5 nitrogen and oxygen atoms in total. The van der Waals surface area contributed by atoms with Crippen molar-refractivity contribution in [2.75, 3.05) is 18.0 Å². The van der Waals surface area contributed by atoms with Crippen molar-refractivity contribution in [1.29, 1.82) is 0 Å². The van der Waals surface area contributed by atoms with Gasteiger partial charge in [-0.05, 0) is 30.9 Å². The first-order chi connectivity index (χ1) is 11.2. The van der Waals surface area contributed by atoms with Gasteiger partial charge < -0.3 is 15.5 Å². The number of carbonyl (C=O) groups is 2. The molecular weight excluding hydrogens is 290 g/mol. The van der Waals surface area contributed by atoms with Gasteiger partial charge in [0.05, 0.1) is 0 Å². The smallest absolute Gasteiger partial charge is 0.315 e. The maximum absolute atomic E-state index is 12.3. The zero-order chi connectivity index (χ0) is 16.1. The predicted octanol–water partition coefficient (Wildman–Crippen LogP) is 2.60. The van der Waals surface area contributed by atoms with Crippen molar-refractivity contribution >= 4 is 17.6 Å². The first-order valence-electron chi connectivity index (χ1n) is 8.66. The fourth-order valence-corrected chi connectivity index (χ4v) is 3.50. The van der Waals surface area contributed by atoms with Crippen LogP contribution in [0.15, 0.2) is 24.3 Å². The van der Waals surface area contributed by atoms with Crippen LogP contribution in [0.25, 0.3) is 0 Å². The van der Waals surface area contributed by atoms with E-state index in [1.807, 2.05) is 23.1 Å². The summed E-state index contributed by atoms with van der Waals surface area (Å²) in [6.07, 6.45) is 7.04. The Labute approximate surface area is 137 Å². The number of benzene rings is 1. The lowest BCUT2D eigenvalue weighted by molar-refractivity contribution is -0.118. The molecule has 1 aliphatic carbocycles. The monoisotopic (exact) mass is 315 g/mol. The van der Waals surface area contributed by atoms with Gasteiger partial charge in [0, 0.05) is 31.2 Å². The number of amides is 3. The first kappa shape index (κ1) is 15.8. The van der Waals surface area contributed by atoms with E-state index < -0.39 is 0 Å². The van der Waals surface area contributed by atoms with E-state index in [1.165, 1.54) is 24.8 Å². The molecule has 2 N–H and O–H groups in total. The van der Waals surface area contributed by atoms with E-state index in [0.717, 1.165) is 31.5 Å². The number of anilines is 1. The van der Waals surface area contributed by atoms with Gasteiger partial charge in [0.1, 0.15) is 0 Å². The molecule has 0 bridgehead atoms. The second-order valence-electron chi connectivity index (χ2n) is 6.41. The summed E-state index contributed by atoms with van der Waals surface area (Å²) >= 11 is 0. The number of hydrogen-bond acceptors (Lipinski definition) is 2. The van der Waals surface area contributed by atoms with E-state index in [4.69, 9.17) is 0 Å². The van der Waals surface area contributed by atoms with Gasteiger partial charge in [-0.3, -0.25) is 4.79 Å². The number of rotatable bonds is 4. The third-order valence-electron chi connectivity index (χ3n) is 4.75. The Morgan fingerprint density at radius 1 is 1.13 bits per heavy atom. The van der Waals surface area contributed by atoms with E-state index in [1.54, 1.807) is 0 Å². The van der Waals surface area contributed by atoms with Crippen molar-refractivity contribution in [3.63, 3.8) is 0 Å². The summed E-state index contributed by atoms with van der Waals surface area (Å²) in [4.78, 5) is 26.0. The summed E-state index contributed by atoms with van der Waals surface area (Å²) in [6, 6.07) is 8.17. The van der Waals surface area contributed by atoms with E-state index in [2.05, 4.69) is 16.7 Å². The van der Waals surface area contributed by atoms with Crippen LogP contribution in [0.4, 0.5) is 10.5 Å². The Morgan fingerprint density at radius 3 is 2.74 bits per heavy atom. The zero-order valence-electron chi connectivity index (χ0n) is 13.5. The molecule has 2 aliphatic rings. The average molecular weight is 315 g/mol. The second kappa shape index (κ2) is 7.49. The van der Waals surface area contributed by atoms with Gasteiger partial charge in [-0.2, -0.15) is 0 Å². The van der Waals surface area contributed by atoms with Crippen molar-refractivity contribution in [2.24, 2.45) is 0 Å². The SMILES string of the molecule is O=C(NCCC(=O)N1CCc2ccccc21)NC1CCCCC1. The van der Waals surface area contributed by atoms with Crippen LogP contribution in [0.1, 0.15) is 44.1 Å². The zero-order valence-corrected chi connectivity index (χ0v) is 13.5. The van der Waals surface area contributed by atoms with Gasteiger partial charge in [-0.1, -0.05) is 37.5 Å². The number of carbonyl (C=O) groups excluding carboxylic acids is 2. The topological polar surface area (TPSA) is 61.4 Å². The standard InChI is InChI=1S/C18H25N3O2/c22-17(21-13-11-14-6-4-5-9-16(14)21)10-12-19-18(23)20-15-7-2-1-3-8-15/h4-6,9,15H,1-3,7-8,10-13H2,(H2,19,20,23). The normalized spacial score (nSPS) is 17.7. The Hall–Kier alpha value is -2.04. The molecule has 0 spiro atoms. The first-order valence-corrected chi connectivity index (χ1v) is 8.66. The molecule has 3 amide bonds. The number of para-hydroxylation sites is 1. The molecule has 124 valence electrons. The lowest BCUT2D eigenvalue weighted by atomic mass is 9.96. The minimum atomic E-state index is -0.147. The molecule has 0 aromatic heterocycles. The second-order valence-corrected chi connectivity index (χ2v) is 6.41. The molecule has 1 aromatic rings. The fraction of sp³-hybridized carbons (Fsp3) is 0.556. The number of nitrogens with zero attached hydrogens (tertiary/aromatic N) is 1. The third-order valence-corrected chi connectivity index (χ3v) is 4.75. The lowest BCUT2D eigenvalue weighted by Crippen LogP contribution is -2.44. The summed E-state index contributed by atoms with van der Waals surface area (Å²) in [7, 11) is 0. The predicted molar refractivity (Wildman–Crippen MR) is 90.5 cm³/mol.